The van der Waals surface area contributed by atoms with Gasteiger partial charge in [0.2, 0.25) is 0 Å². The van der Waals surface area contributed by atoms with E-state index in [9.17, 15) is 9.13 Å². The fraction of sp³-hybridized carbons (Fsp3) is 1.00. The van der Waals surface area contributed by atoms with Crippen LogP contribution < -0.4 is 0 Å². The topological polar surface area (TPSA) is 122 Å². The van der Waals surface area contributed by atoms with Crippen molar-refractivity contribution >= 4 is 15.2 Å². The summed E-state index contributed by atoms with van der Waals surface area (Å²) in [6.45, 7) is 6.72. The van der Waals surface area contributed by atoms with Crippen LogP contribution >= 0.6 is 15.2 Å². The van der Waals surface area contributed by atoms with Gasteiger partial charge in [0.15, 0.2) is 0 Å². The Morgan fingerprint density at radius 3 is 1.47 bits per heavy atom. The second-order valence-electron chi connectivity index (χ2n) is 4.39. The first-order valence-electron chi connectivity index (χ1n) is 6.11. The smallest absolute Gasteiger partial charge is 0.324 e. The van der Waals surface area contributed by atoms with Crippen LogP contribution in [0.5, 0.6) is 0 Å². The Morgan fingerprint density at radius 1 is 0.789 bits per heavy atom. The summed E-state index contributed by atoms with van der Waals surface area (Å²) >= 11 is 0. The molecular formula is C9H24N2O6P2. The summed E-state index contributed by atoms with van der Waals surface area (Å²) in [5.74, 6) is 0. The third-order valence-corrected chi connectivity index (χ3v) is 4.15. The highest BCUT2D eigenvalue weighted by molar-refractivity contribution is 7.52. The van der Waals surface area contributed by atoms with E-state index in [0.29, 0.717) is 6.42 Å². The molecule has 0 bridgehead atoms. The number of nitrogens with zero attached hydrogens (tertiary/aromatic N) is 2. The van der Waals surface area contributed by atoms with Gasteiger partial charge in [-0.1, -0.05) is 13.8 Å². The van der Waals surface area contributed by atoms with Crippen LogP contribution in [-0.4, -0.2) is 68.1 Å². The van der Waals surface area contributed by atoms with Crippen LogP contribution in [0.25, 0.3) is 0 Å². The van der Waals surface area contributed by atoms with Gasteiger partial charge in [-0.15, -0.1) is 0 Å². The highest BCUT2D eigenvalue weighted by Crippen LogP contribution is 2.40. The van der Waals surface area contributed by atoms with Gasteiger partial charge in [-0.05, 0) is 26.1 Å². The van der Waals surface area contributed by atoms with Gasteiger partial charge in [0.25, 0.3) is 0 Å². The number of hydrogen-bond acceptors (Lipinski definition) is 4. The molecule has 0 aromatic heterocycles. The van der Waals surface area contributed by atoms with Gasteiger partial charge in [-0.25, -0.2) is 0 Å². The fourth-order valence-electron chi connectivity index (χ4n) is 1.76. The van der Waals surface area contributed by atoms with Crippen molar-refractivity contribution in [1.82, 2.24) is 9.80 Å². The lowest BCUT2D eigenvalue weighted by Crippen LogP contribution is -2.31. The quantitative estimate of drug-likeness (QED) is 0.424. The van der Waals surface area contributed by atoms with Crippen molar-refractivity contribution in [2.45, 2.75) is 20.3 Å². The largest absolute Gasteiger partial charge is 0.339 e. The molecule has 0 amide bonds. The molecule has 0 saturated heterocycles. The van der Waals surface area contributed by atoms with Crippen molar-refractivity contribution in [1.29, 1.82) is 0 Å². The van der Waals surface area contributed by atoms with Crippen LogP contribution in [-0.2, 0) is 9.13 Å². The van der Waals surface area contributed by atoms with Gasteiger partial charge in [0, 0.05) is 6.54 Å². The first-order chi connectivity index (χ1) is 8.57. The molecule has 0 fully saturated rings. The molecule has 19 heavy (non-hydrogen) atoms. The fourth-order valence-corrected chi connectivity index (χ4v) is 3.45. The second kappa shape index (κ2) is 8.49. The predicted octanol–water partition coefficient (Wildman–Crippen LogP) is 0.291. The minimum absolute atomic E-state index is 0.243. The van der Waals surface area contributed by atoms with Gasteiger partial charge < -0.3 is 24.5 Å². The molecule has 0 heterocycles. The minimum atomic E-state index is -4.32. The molecule has 0 unspecified atom stereocenters. The van der Waals surface area contributed by atoms with Gasteiger partial charge in [-0.2, -0.15) is 0 Å². The average Bonchev–Trinajstić information content (AvgIpc) is 2.19. The van der Waals surface area contributed by atoms with E-state index in [4.69, 9.17) is 19.6 Å². The SMILES string of the molecule is CCN(CC)CCCN(CP(=O)(O)O)CP(=O)(O)O. The van der Waals surface area contributed by atoms with Gasteiger partial charge in [-0.3, -0.25) is 14.0 Å². The standard InChI is InChI=1S/C9H24N2O6P2/c1-3-10(4-2)6-5-7-11(8-18(12,13)14)9-19(15,16)17/h3-9H2,1-2H3,(H2,12,13,14)(H2,15,16,17). The monoisotopic (exact) mass is 318 g/mol. The van der Waals surface area contributed by atoms with Crippen molar-refractivity contribution in [2.75, 3.05) is 38.8 Å². The summed E-state index contributed by atoms with van der Waals surface area (Å²) < 4.78 is 21.9. The van der Waals surface area contributed by atoms with Gasteiger partial charge >= 0.3 is 15.2 Å². The van der Waals surface area contributed by atoms with Crippen molar-refractivity contribution in [2.24, 2.45) is 0 Å². The summed E-state index contributed by atoms with van der Waals surface area (Å²) in [6.07, 6.45) is -0.658. The molecule has 0 aromatic carbocycles. The maximum Gasteiger partial charge on any atom is 0.339 e. The highest BCUT2D eigenvalue weighted by Gasteiger charge is 2.25. The van der Waals surface area contributed by atoms with Crippen LogP contribution in [0.1, 0.15) is 20.3 Å². The van der Waals surface area contributed by atoms with Crippen molar-refractivity contribution in [3.8, 4) is 0 Å². The minimum Gasteiger partial charge on any atom is -0.324 e. The molecule has 0 aromatic rings. The molecule has 0 aliphatic carbocycles. The van der Waals surface area contributed by atoms with E-state index in [1.165, 1.54) is 0 Å². The van der Waals surface area contributed by atoms with E-state index in [-0.39, 0.29) is 6.54 Å². The molecular weight excluding hydrogens is 294 g/mol. The molecule has 0 atom stereocenters. The lowest BCUT2D eigenvalue weighted by Gasteiger charge is -2.24. The Kier molecular flexibility index (Phi) is 8.59. The third-order valence-electron chi connectivity index (χ3n) is 2.61. The molecule has 0 aliphatic heterocycles. The molecule has 0 spiro atoms. The lowest BCUT2D eigenvalue weighted by atomic mass is 10.3. The molecule has 0 radical (unpaired) electrons. The van der Waals surface area contributed by atoms with Crippen LogP contribution in [0, 0.1) is 0 Å². The van der Waals surface area contributed by atoms with E-state index in [0.717, 1.165) is 24.5 Å². The molecule has 0 aliphatic rings. The van der Waals surface area contributed by atoms with Crippen LogP contribution in [0.3, 0.4) is 0 Å². The van der Waals surface area contributed by atoms with Crippen LogP contribution in [0.4, 0.5) is 0 Å². The third kappa shape index (κ3) is 11.7. The van der Waals surface area contributed by atoms with E-state index in [1.807, 2.05) is 13.8 Å². The Bertz CT molecular complexity index is 314. The summed E-state index contributed by atoms with van der Waals surface area (Å²) in [7, 11) is -8.63. The Morgan fingerprint density at radius 2 is 1.16 bits per heavy atom. The van der Waals surface area contributed by atoms with E-state index < -0.39 is 27.8 Å². The highest BCUT2D eigenvalue weighted by atomic mass is 31.2. The zero-order valence-corrected chi connectivity index (χ0v) is 13.1. The maximum atomic E-state index is 10.9. The summed E-state index contributed by atoms with van der Waals surface area (Å²) in [4.78, 5) is 38.8. The molecule has 116 valence electrons. The van der Waals surface area contributed by atoms with Crippen molar-refractivity contribution < 1.29 is 28.7 Å². The first kappa shape index (κ1) is 19.2. The predicted molar refractivity (Wildman–Crippen MR) is 72.9 cm³/mol. The number of hydrogen-bond donors (Lipinski definition) is 4. The van der Waals surface area contributed by atoms with Gasteiger partial charge in [0.1, 0.15) is 12.6 Å². The number of rotatable bonds is 10. The second-order valence-corrected chi connectivity index (χ2v) is 7.61. The van der Waals surface area contributed by atoms with Crippen molar-refractivity contribution in [3.05, 3.63) is 0 Å². The molecule has 10 heteroatoms. The van der Waals surface area contributed by atoms with Gasteiger partial charge in [0.05, 0.1) is 0 Å². The first-order valence-corrected chi connectivity index (χ1v) is 9.70. The molecule has 0 saturated carbocycles. The molecule has 4 N–H and O–H groups in total. The summed E-state index contributed by atoms with van der Waals surface area (Å²) in [5, 5.41) is 0. The lowest BCUT2D eigenvalue weighted by molar-refractivity contribution is 0.247. The van der Waals surface area contributed by atoms with E-state index >= 15 is 0 Å². The Balaban J connectivity index is 4.35. The summed E-state index contributed by atoms with van der Waals surface area (Å²) in [5.41, 5.74) is 0. The normalized spacial score (nSPS) is 13.5. The zero-order valence-electron chi connectivity index (χ0n) is 11.3. The molecule has 0 rings (SSSR count). The Labute approximate surface area is 113 Å². The maximum absolute atomic E-state index is 10.9. The Hall–Kier alpha value is 0.220. The summed E-state index contributed by atoms with van der Waals surface area (Å²) in [6, 6.07) is 0. The van der Waals surface area contributed by atoms with E-state index in [2.05, 4.69) is 4.90 Å². The van der Waals surface area contributed by atoms with E-state index in [1.54, 1.807) is 0 Å². The van der Waals surface area contributed by atoms with Crippen molar-refractivity contribution in [3.63, 3.8) is 0 Å². The molecule has 8 nitrogen and oxygen atoms in total. The zero-order chi connectivity index (χ0) is 15.1. The van der Waals surface area contributed by atoms with Crippen LogP contribution in [0.2, 0.25) is 0 Å². The average molecular weight is 318 g/mol. The van der Waals surface area contributed by atoms with Crippen LogP contribution in [0.15, 0.2) is 0 Å².